The SMILES string of the molecule is COCCNc1ccc(C(NC(=O)OC(C)(C)C)C(=O)N2CC[C@H](OCCOCCOCCOC)C2)cc1. The molecule has 0 radical (unpaired) electrons. The molecule has 1 aromatic carbocycles. The van der Waals surface area contributed by atoms with Crippen molar-refractivity contribution in [2.45, 2.75) is 44.9 Å². The fraction of sp³-hybridized carbons (Fsp3) is 0.704. The van der Waals surface area contributed by atoms with Crippen molar-refractivity contribution in [3.05, 3.63) is 29.8 Å². The zero-order valence-electron chi connectivity index (χ0n) is 23.5. The van der Waals surface area contributed by atoms with Gasteiger partial charge in [0.2, 0.25) is 5.91 Å². The van der Waals surface area contributed by atoms with E-state index in [0.717, 1.165) is 5.69 Å². The molecule has 2 amide bonds. The van der Waals surface area contributed by atoms with E-state index in [-0.39, 0.29) is 12.0 Å². The number of alkyl carbamates (subject to hydrolysis) is 1. The second-order valence-corrected chi connectivity index (χ2v) is 9.90. The van der Waals surface area contributed by atoms with Crippen LogP contribution >= 0.6 is 0 Å². The van der Waals surface area contributed by atoms with Crippen LogP contribution in [0.1, 0.15) is 38.8 Å². The first-order chi connectivity index (χ1) is 18.2. The molecule has 0 saturated carbocycles. The molecule has 38 heavy (non-hydrogen) atoms. The first kappa shape index (κ1) is 31.8. The highest BCUT2D eigenvalue weighted by atomic mass is 16.6. The number of benzene rings is 1. The molecule has 1 aromatic rings. The number of carbonyl (C=O) groups excluding carboxylic acids is 2. The minimum atomic E-state index is -0.877. The summed E-state index contributed by atoms with van der Waals surface area (Å²) in [5.74, 6) is -0.202. The van der Waals surface area contributed by atoms with Gasteiger partial charge in [0, 0.05) is 39.5 Å². The topological polar surface area (TPSA) is 117 Å². The number of rotatable bonds is 17. The summed E-state index contributed by atoms with van der Waals surface area (Å²) >= 11 is 0. The van der Waals surface area contributed by atoms with Crippen molar-refractivity contribution in [2.24, 2.45) is 0 Å². The Balaban J connectivity index is 1.89. The predicted molar refractivity (Wildman–Crippen MR) is 143 cm³/mol. The van der Waals surface area contributed by atoms with Crippen LogP contribution in [-0.2, 0) is 33.2 Å². The first-order valence-electron chi connectivity index (χ1n) is 13.1. The van der Waals surface area contributed by atoms with Crippen LogP contribution in [0.4, 0.5) is 10.5 Å². The van der Waals surface area contributed by atoms with Gasteiger partial charge in [-0.05, 0) is 44.9 Å². The molecule has 11 heteroatoms. The van der Waals surface area contributed by atoms with Crippen molar-refractivity contribution in [3.8, 4) is 0 Å². The summed E-state index contributed by atoms with van der Waals surface area (Å²) < 4.78 is 32.2. The maximum atomic E-state index is 13.5. The average molecular weight is 540 g/mol. The molecule has 0 bridgehead atoms. The van der Waals surface area contributed by atoms with E-state index in [1.54, 1.807) is 39.9 Å². The highest BCUT2D eigenvalue weighted by Gasteiger charge is 2.34. The molecule has 1 heterocycles. The van der Waals surface area contributed by atoms with Gasteiger partial charge < -0.3 is 44.0 Å². The Bertz CT molecular complexity index is 816. The number of methoxy groups -OCH3 is 2. The van der Waals surface area contributed by atoms with Crippen molar-refractivity contribution in [3.63, 3.8) is 0 Å². The lowest BCUT2D eigenvalue weighted by atomic mass is 10.1. The van der Waals surface area contributed by atoms with Crippen LogP contribution in [0.3, 0.4) is 0 Å². The smallest absolute Gasteiger partial charge is 0.408 e. The molecule has 1 saturated heterocycles. The average Bonchev–Trinajstić information content (AvgIpc) is 3.34. The summed E-state index contributed by atoms with van der Waals surface area (Å²) in [6.07, 6.45) is -0.0172. The standard InChI is InChI=1S/C27H45N3O8/c1-27(2,3)38-26(32)29-24(21-6-8-22(9-7-21)28-11-13-33-4)25(31)30-12-10-23(20-30)37-19-18-36-17-16-35-15-14-34-5/h6-9,23-24,28H,10-20H2,1-5H3,(H,29,32)/t23-,24?/m0/s1. The van der Waals surface area contributed by atoms with Crippen molar-refractivity contribution in [1.82, 2.24) is 10.2 Å². The van der Waals surface area contributed by atoms with Gasteiger partial charge in [0.25, 0.3) is 0 Å². The monoisotopic (exact) mass is 539 g/mol. The second kappa shape index (κ2) is 17.2. The van der Waals surface area contributed by atoms with Gasteiger partial charge in [-0.3, -0.25) is 4.79 Å². The molecule has 2 atom stereocenters. The van der Waals surface area contributed by atoms with Crippen LogP contribution in [0.2, 0.25) is 0 Å². The molecule has 11 nitrogen and oxygen atoms in total. The Labute approximate surface area is 226 Å². The minimum Gasteiger partial charge on any atom is -0.444 e. The fourth-order valence-electron chi connectivity index (χ4n) is 3.79. The molecule has 1 aliphatic heterocycles. The summed E-state index contributed by atoms with van der Waals surface area (Å²) in [4.78, 5) is 27.8. The van der Waals surface area contributed by atoms with E-state index >= 15 is 0 Å². The molecule has 2 rings (SSSR count). The Kier molecular flexibility index (Phi) is 14.4. The highest BCUT2D eigenvalue weighted by molar-refractivity contribution is 5.87. The number of nitrogens with zero attached hydrogens (tertiary/aromatic N) is 1. The van der Waals surface area contributed by atoms with E-state index in [1.807, 2.05) is 24.3 Å². The summed E-state index contributed by atoms with van der Waals surface area (Å²) in [5.41, 5.74) is 0.883. The Morgan fingerprint density at radius 1 is 0.947 bits per heavy atom. The summed E-state index contributed by atoms with van der Waals surface area (Å²) in [5, 5.41) is 6.01. The van der Waals surface area contributed by atoms with Crippen molar-refractivity contribution < 1.29 is 38.0 Å². The lowest BCUT2D eigenvalue weighted by Crippen LogP contribution is -2.44. The molecule has 1 aliphatic rings. The molecule has 1 unspecified atom stereocenters. The van der Waals surface area contributed by atoms with Gasteiger partial charge >= 0.3 is 6.09 Å². The van der Waals surface area contributed by atoms with Gasteiger partial charge in [0.15, 0.2) is 0 Å². The minimum absolute atomic E-state index is 0.0879. The highest BCUT2D eigenvalue weighted by Crippen LogP contribution is 2.23. The van der Waals surface area contributed by atoms with E-state index in [0.29, 0.717) is 77.9 Å². The molecule has 0 aromatic heterocycles. The second-order valence-electron chi connectivity index (χ2n) is 9.90. The molecule has 1 fully saturated rings. The third kappa shape index (κ3) is 12.4. The van der Waals surface area contributed by atoms with Crippen molar-refractivity contribution >= 4 is 17.7 Å². The molecule has 0 aliphatic carbocycles. The van der Waals surface area contributed by atoms with Crippen LogP contribution in [0.25, 0.3) is 0 Å². The Morgan fingerprint density at radius 2 is 1.58 bits per heavy atom. The summed E-state index contributed by atoms with van der Waals surface area (Å²) in [6, 6.07) is 6.53. The number of ether oxygens (including phenoxy) is 6. The summed E-state index contributed by atoms with van der Waals surface area (Å²) in [7, 11) is 3.28. The number of hydrogen-bond donors (Lipinski definition) is 2. The number of likely N-dealkylation sites (tertiary alicyclic amines) is 1. The van der Waals surface area contributed by atoms with E-state index in [1.165, 1.54) is 0 Å². The Morgan fingerprint density at radius 3 is 2.21 bits per heavy atom. The van der Waals surface area contributed by atoms with E-state index in [2.05, 4.69) is 10.6 Å². The lowest BCUT2D eigenvalue weighted by molar-refractivity contribution is -0.133. The Hall–Kier alpha value is -2.44. The van der Waals surface area contributed by atoms with Gasteiger partial charge in [-0.25, -0.2) is 4.79 Å². The largest absolute Gasteiger partial charge is 0.444 e. The van der Waals surface area contributed by atoms with Crippen LogP contribution in [0, 0.1) is 0 Å². The van der Waals surface area contributed by atoms with E-state index in [4.69, 9.17) is 28.4 Å². The predicted octanol–water partition coefficient (Wildman–Crippen LogP) is 2.61. The number of amides is 2. The number of carbonyl (C=O) groups is 2. The van der Waals surface area contributed by atoms with Gasteiger partial charge in [-0.15, -0.1) is 0 Å². The zero-order valence-corrected chi connectivity index (χ0v) is 23.5. The zero-order chi connectivity index (χ0) is 27.8. The lowest BCUT2D eigenvalue weighted by Gasteiger charge is -2.27. The van der Waals surface area contributed by atoms with Crippen molar-refractivity contribution in [2.75, 3.05) is 85.4 Å². The van der Waals surface area contributed by atoms with Gasteiger partial charge in [0.05, 0.1) is 52.4 Å². The quantitative estimate of drug-likeness (QED) is 0.288. The fourth-order valence-corrected chi connectivity index (χ4v) is 3.79. The van der Waals surface area contributed by atoms with Crippen LogP contribution < -0.4 is 10.6 Å². The molecular formula is C27H45N3O8. The van der Waals surface area contributed by atoms with Crippen LogP contribution in [0.5, 0.6) is 0 Å². The number of anilines is 1. The third-order valence-electron chi connectivity index (χ3n) is 5.63. The maximum absolute atomic E-state index is 13.5. The molecule has 216 valence electrons. The molecule has 2 N–H and O–H groups in total. The maximum Gasteiger partial charge on any atom is 0.408 e. The van der Waals surface area contributed by atoms with Gasteiger partial charge in [0.1, 0.15) is 11.6 Å². The number of nitrogens with one attached hydrogen (secondary N) is 2. The van der Waals surface area contributed by atoms with Crippen LogP contribution in [0.15, 0.2) is 24.3 Å². The third-order valence-corrected chi connectivity index (χ3v) is 5.63. The first-order valence-corrected chi connectivity index (χ1v) is 13.1. The molecular weight excluding hydrogens is 494 g/mol. The van der Waals surface area contributed by atoms with Gasteiger partial charge in [-0.1, -0.05) is 12.1 Å². The van der Waals surface area contributed by atoms with E-state index in [9.17, 15) is 9.59 Å². The van der Waals surface area contributed by atoms with E-state index < -0.39 is 17.7 Å². The van der Waals surface area contributed by atoms with Crippen LogP contribution in [-0.4, -0.2) is 109 Å². The molecule has 0 spiro atoms. The normalized spacial score (nSPS) is 16.3. The van der Waals surface area contributed by atoms with Crippen molar-refractivity contribution in [1.29, 1.82) is 0 Å². The summed E-state index contributed by atoms with van der Waals surface area (Å²) in [6.45, 7) is 10.6. The number of hydrogen-bond acceptors (Lipinski definition) is 9. The van der Waals surface area contributed by atoms with Gasteiger partial charge in [-0.2, -0.15) is 0 Å².